The molecule has 1 aromatic rings. The van der Waals surface area contributed by atoms with Gasteiger partial charge in [0.2, 0.25) is 0 Å². The first-order valence-electron chi connectivity index (χ1n) is 4.51. The Balaban J connectivity index is 2.52. The molecule has 0 aliphatic carbocycles. The number of ether oxygens (including phenoxy) is 1. The monoisotopic (exact) mass is 213 g/mol. The Morgan fingerprint density at radius 2 is 2.50 bits per heavy atom. The maximum Gasteiger partial charge on any atom is 0.0828 e. The summed E-state index contributed by atoms with van der Waals surface area (Å²) in [6.07, 6.45) is 2.92. The van der Waals surface area contributed by atoms with Crippen molar-refractivity contribution in [1.82, 2.24) is 9.78 Å². The lowest BCUT2D eigenvalue weighted by atomic mass is 10.4. The van der Waals surface area contributed by atoms with Gasteiger partial charge in [-0.15, -0.1) is 0 Å². The van der Waals surface area contributed by atoms with Crippen molar-refractivity contribution in [3.8, 4) is 0 Å². The number of methoxy groups -OCH3 is 1. The van der Waals surface area contributed by atoms with Gasteiger partial charge in [-0.25, -0.2) is 0 Å². The summed E-state index contributed by atoms with van der Waals surface area (Å²) < 4.78 is 6.87. The van der Waals surface area contributed by atoms with Crippen molar-refractivity contribution in [1.29, 1.82) is 0 Å². The minimum absolute atomic E-state index is 0.759. The molecule has 0 spiro atoms. The molecule has 78 valence electrons. The Bertz CT molecular complexity index is 298. The second kappa shape index (κ2) is 5.72. The summed E-state index contributed by atoms with van der Waals surface area (Å²) in [6.45, 7) is 3.58. The van der Waals surface area contributed by atoms with Gasteiger partial charge in [-0.05, 0) is 13.3 Å². The molecule has 1 rings (SSSR count). The van der Waals surface area contributed by atoms with Gasteiger partial charge in [0.1, 0.15) is 0 Å². The summed E-state index contributed by atoms with van der Waals surface area (Å²) in [4.78, 5) is 0. The molecule has 0 saturated heterocycles. The number of rotatable bonds is 6. The summed E-state index contributed by atoms with van der Waals surface area (Å²) in [5, 5.41) is 7.30. The average molecular weight is 213 g/mol. The molecule has 0 unspecified atom stereocenters. The van der Waals surface area contributed by atoms with E-state index in [-0.39, 0.29) is 0 Å². The lowest BCUT2D eigenvalue weighted by Crippen LogP contribution is -2.01. The Morgan fingerprint density at radius 1 is 1.71 bits per heavy atom. The number of anilines is 1. The van der Waals surface area contributed by atoms with Gasteiger partial charge in [0, 0.05) is 26.5 Å². The van der Waals surface area contributed by atoms with Crippen LogP contribution in [0.3, 0.4) is 0 Å². The van der Waals surface area contributed by atoms with Crippen LogP contribution in [0.1, 0.15) is 12.1 Å². The van der Waals surface area contributed by atoms with Gasteiger partial charge in [0.15, 0.2) is 0 Å². The van der Waals surface area contributed by atoms with Gasteiger partial charge in [-0.3, -0.25) is 4.68 Å². The number of hydrogen-bond acceptors (Lipinski definition) is 3. The van der Waals surface area contributed by atoms with Gasteiger partial charge < -0.3 is 10.1 Å². The van der Waals surface area contributed by atoms with E-state index < -0.39 is 0 Å². The second-order valence-corrected chi connectivity index (χ2v) is 3.24. The summed E-state index contributed by atoms with van der Waals surface area (Å²) in [5.74, 6) is 0. The van der Waals surface area contributed by atoms with E-state index in [1.165, 1.54) is 5.49 Å². The van der Waals surface area contributed by atoms with Gasteiger partial charge in [0.05, 0.1) is 16.9 Å². The van der Waals surface area contributed by atoms with E-state index in [1.54, 1.807) is 7.11 Å². The van der Waals surface area contributed by atoms with Crippen LogP contribution in [0, 0.1) is 6.92 Å². The predicted molar refractivity (Wildman–Crippen MR) is 60.7 cm³/mol. The second-order valence-electron chi connectivity index (χ2n) is 3.00. The zero-order chi connectivity index (χ0) is 10.4. The highest BCUT2D eigenvalue weighted by molar-refractivity contribution is 7.79. The molecule has 1 N–H and O–H groups in total. The fourth-order valence-electron chi connectivity index (χ4n) is 1.21. The summed E-state index contributed by atoms with van der Waals surface area (Å²) >= 11 is 4.72. The van der Waals surface area contributed by atoms with Crippen LogP contribution < -0.4 is 5.32 Å². The molecular formula is C9H15N3OS. The number of thiocarbonyl (C=S) groups is 1. The van der Waals surface area contributed by atoms with E-state index in [0.717, 1.165) is 31.0 Å². The number of aromatic nitrogens is 2. The number of aryl methyl sites for hydroxylation is 2. The molecule has 0 atom stereocenters. The minimum atomic E-state index is 0.759. The van der Waals surface area contributed by atoms with Crippen molar-refractivity contribution < 1.29 is 4.74 Å². The van der Waals surface area contributed by atoms with Gasteiger partial charge in [0.25, 0.3) is 0 Å². The van der Waals surface area contributed by atoms with Crippen molar-refractivity contribution in [2.75, 3.05) is 19.0 Å². The molecular weight excluding hydrogens is 198 g/mol. The van der Waals surface area contributed by atoms with Crippen molar-refractivity contribution >= 4 is 23.4 Å². The van der Waals surface area contributed by atoms with Crippen LogP contribution in [-0.4, -0.2) is 29.0 Å². The highest BCUT2D eigenvalue weighted by Gasteiger charge is 2.02. The third-order valence-electron chi connectivity index (χ3n) is 1.90. The summed E-state index contributed by atoms with van der Waals surface area (Å²) in [7, 11) is 1.70. The highest BCUT2D eigenvalue weighted by Crippen LogP contribution is 2.11. The Morgan fingerprint density at radius 3 is 3.14 bits per heavy atom. The normalized spacial score (nSPS) is 10.1. The summed E-state index contributed by atoms with van der Waals surface area (Å²) in [6, 6.07) is 0. The first-order valence-corrected chi connectivity index (χ1v) is 4.98. The zero-order valence-electron chi connectivity index (χ0n) is 8.49. The van der Waals surface area contributed by atoms with E-state index >= 15 is 0 Å². The van der Waals surface area contributed by atoms with Crippen LogP contribution in [0.2, 0.25) is 0 Å². The van der Waals surface area contributed by atoms with Crippen LogP contribution in [0.4, 0.5) is 5.69 Å². The molecule has 1 aromatic heterocycles. The molecule has 0 amide bonds. The topological polar surface area (TPSA) is 39.1 Å². The Kier molecular flexibility index (Phi) is 4.55. The largest absolute Gasteiger partial charge is 0.385 e. The number of nitrogens with one attached hydrogen (secondary N) is 1. The first kappa shape index (κ1) is 11.1. The third kappa shape index (κ3) is 3.08. The molecule has 0 aliphatic rings. The highest BCUT2D eigenvalue weighted by atomic mass is 32.1. The van der Waals surface area contributed by atoms with E-state index in [4.69, 9.17) is 17.0 Å². The molecule has 4 nitrogen and oxygen atoms in total. The predicted octanol–water partition coefficient (Wildman–Crippen LogP) is 1.60. The minimum Gasteiger partial charge on any atom is -0.385 e. The average Bonchev–Trinajstić information content (AvgIpc) is 2.49. The molecule has 14 heavy (non-hydrogen) atoms. The molecule has 0 fully saturated rings. The number of nitrogens with zero attached hydrogens (tertiary/aromatic N) is 2. The molecule has 0 aromatic carbocycles. The van der Waals surface area contributed by atoms with Crippen LogP contribution in [0.15, 0.2) is 6.20 Å². The molecule has 0 radical (unpaired) electrons. The fraction of sp³-hybridized carbons (Fsp3) is 0.556. The van der Waals surface area contributed by atoms with Crippen LogP contribution in [0.5, 0.6) is 0 Å². The maximum absolute atomic E-state index is 4.97. The van der Waals surface area contributed by atoms with Crippen LogP contribution in [0.25, 0.3) is 0 Å². The van der Waals surface area contributed by atoms with Crippen molar-refractivity contribution in [3.63, 3.8) is 0 Å². The fourth-order valence-corrected chi connectivity index (χ4v) is 1.34. The van der Waals surface area contributed by atoms with Gasteiger partial charge in [-0.2, -0.15) is 5.10 Å². The Labute approximate surface area is 89.3 Å². The summed E-state index contributed by atoms with van der Waals surface area (Å²) in [5.41, 5.74) is 3.42. The lowest BCUT2D eigenvalue weighted by molar-refractivity contribution is 0.189. The van der Waals surface area contributed by atoms with E-state index in [9.17, 15) is 0 Å². The zero-order valence-corrected chi connectivity index (χ0v) is 9.30. The van der Waals surface area contributed by atoms with E-state index in [2.05, 4.69) is 10.4 Å². The van der Waals surface area contributed by atoms with Crippen molar-refractivity contribution in [3.05, 3.63) is 11.9 Å². The smallest absolute Gasteiger partial charge is 0.0828 e. The lowest BCUT2D eigenvalue weighted by Gasteiger charge is -1.99. The molecule has 1 heterocycles. The quantitative estimate of drug-likeness (QED) is 0.575. The van der Waals surface area contributed by atoms with E-state index in [0.29, 0.717) is 0 Å². The van der Waals surface area contributed by atoms with Crippen molar-refractivity contribution in [2.24, 2.45) is 0 Å². The first-order chi connectivity index (χ1) is 6.77. The molecule has 0 aliphatic heterocycles. The molecule has 5 heteroatoms. The molecule has 0 bridgehead atoms. The molecule has 0 saturated carbocycles. The Hall–Kier alpha value is -0.940. The van der Waals surface area contributed by atoms with E-state index in [1.807, 2.05) is 17.8 Å². The maximum atomic E-state index is 4.97. The SMILES string of the molecule is COCCCn1cc(NC=S)c(C)n1. The number of hydrogen-bond donors (Lipinski definition) is 1. The van der Waals surface area contributed by atoms with Crippen LogP contribution >= 0.6 is 12.2 Å². The van der Waals surface area contributed by atoms with Gasteiger partial charge in [-0.1, -0.05) is 12.2 Å². The van der Waals surface area contributed by atoms with Gasteiger partial charge >= 0.3 is 0 Å². The van der Waals surface area contributed by atoms with Crippen molar-refractivity contribution in [2.45, 2.75) is 19.9 Å². The van der Waals surface area contributed by atoms with Crippen LogP contribution in [-0.2, 0) is 11.3 Å². The third-order valence-corrected chi connectivity index (χ3v) is 2.01. The standard InChI is InChI=1S/C9H15N3OS/c1-8-9(10-7-14)6-12(11-8)4-3-5-13-2/h6-7H,3-5H2,1-2H3,(H,10,14).